The summed E-state index contributed by atoms with van der Waals surface area (Å²) in [6.07, 6.45) is -0.760. The monoisotopic (exact) mass is 357 g/mol. The first-order valence-electron chi connectivity index (χ1n) is 8.70. The first-order chi connectivity index (χ1) is 12.1. The highest BCUT2D eigenvalue weighted by Crippen LogP contribution is 2.19. The van der Waals surface area contributed by atoms with Crippen LogP contribution in [0.25, 0.3) is 5.69 Å². The molecule has 26 heavy (non-hydrogen) atoms. The van der Waals surface area contributed by atoms with Crippen LogP contribution in [-0.2, 0) is 20.7 Å². The number of esters is 1. The van der Waals surface area contributed by atoms with Crippen LogP contribution in [0.3, 0.4) is 0 Å². The number of aryl methyl sites for hydroxylation is 1. The lowest BCUT2D eigenvalue weighted by atomic mass is 10.1. The minimum Gasteiger partial charge on any atom is -0.452 e. The Bertz CT molecular complexity index is 789. The second-order valence-electron chi connectivity index (χ2n) is 7.44. The highest BCUT2D eigenvalue weighted by molar-refractivity contribution is 5.84. The van der Waals surface area contributed by atoms with Gasteiger partial charge in [-0.3, -0.25) is 9.59 Å². The number of para-hydroxylation sites is 1. The van der Waals surface area contributed by atoms with Crippen molar-refractivity contribution in [2.75, 3.05) is 0 Å². The molecule has 0 bridgehead atoms. The number of carbonyl (C=O) groups is 2. The lowest BCUT2D eigenvalue weighted by Crippen LogP contribution is -2.46. The molecule has 1 atom stereocenters. The Balaban J connectivity index is 2.08. The number of hydrogen-bond donors (Lipinski definition) is 1. The minimum absolute atomic E-state index is 0.0810. The van der Waals surface area contributed by atoms with E-state index in [1.54, 1.807) is 6.92 Å². The summed E-state index contributed by atoms with van der Waals surface area (Å²) in [7, 11) is 0. The molecule has 1 amide bonds. The van der Waals surface area contributed by atoms with Crippen molar-refractivity contribution in [3.8, 4) is 5.69 Å². The molecule has 0 aliphatic rings. The molecule has 0 spiro atoms. The van der Waals surface area contributed by atoms with Crippen molar-refractivity contribution in [2.45, 2.75) is 59.6 Å². The molecule has 2 rings (SSSR count). The molecule has 0 fully saturated rings. The molecule has 1 aromatic heterocycles. The predicted molar refractivity (Wildman–Crippen MR) is 100 cm³/mol. The average Bonchev–Trinajstić information content (AvgIpc) is 2.82. The maximum Gasteiger partial charge on any atom is 0.311 e. The zero-order chi connectivity index (χ0) is 19.5. The van der Waals surface area contributed by atoms with E-state index in [1.807, 2.05) is 69.6 Å². The fraction of sp³-hybridized carbons (Fsp3) is 0.450. The summed E-state index contributed by atoms with van der Waals surface area (Å²) in [5.41, 5.74) is 3.04. The summed E-state index contributed by atoms with van der Waals surface area (Å²) in [4.78, 5) is 24.4. The molecule has 1 aromatic carbocycles. The lowest BCUT2D eigenvalue weighted by molar-refractivity contribution is -0.154. The quantitative estimate of drug-likeness (QED) is 0.835. The van der Waals surface area contributed by atoms with Crippen LogP contribution < -0.4 is 5.32 Å². The van der Waals surface area contributed by atoms with E-state index < -0.39 is 12.1 Å². The minimum atomic E-state index is -0.841. The van der Waals surface area contributed by atoms with Crippen LogP contribution in [-0.4, -0.2) is 33.3 Å². The van der Waals surface area contributed by atoms with Crippen molar-refractivity contribution in [2.24, 2.45) is 0 Å². The van der Waals surface area contributed by atoms with Crippen molar-refractivity contribution in [1.29, 1.82) is 0 Å². The van der Waals surface area contributed by atoms with Crippen LogP contribution in [0, 0.1) is 13.8 Å². The summed E-state index contributed by atoms with van der Waals surface area (Å²) in [6.45, 7) is 11.0. The summed E-state index contributed by atoms with van der Waals surface area (Å²) in [5, 5.41) is 7.33. The van der Waals surface area contributed by atoms with Crippen LogP contribution >= 0.6 is 0 Å². The molecule has 0 radical (unpaired) electrons. The van der Waals surface area contributed by atoms with E-state index in [-0.39, 0.29) is 17.9 Å². The van der Waals surface area contributed by atoms with Crippen molar-refractivity contribution in [3.63, 3.8) is 0 Å². The Morgan fingerprint density at radius 3 is 2.38 bits per heavy atom. The van der Waals surface area contributed by atoms with E-state index in [9.17, 15) is 9.59 Å². The van der Waals surface area contributed by atoms with Crippen molar-refractivity contribution in [1.82, 2.24) is 15.1 Å². The third kappa shape index (κ3) is 4.94. The molecule has 6 heteroatoms. The van der Waals surface area contributed by atoms with Gasteiger partial charge < -0.3 is 10.1 Å². The van der Waals surface area contributed by atoms with E-state index in [2.05, 4.69) is 10.4 Å². The fourth-order valence-electron chi connectivity index (χ4n) is 2.66. The van der Waals surface area contributed by atoms with Gasteiger partial charge in [0.15, 0.2) is 6.10 Å². The van der Waals surface area contributed by atoms with Gasteiger partial charge in [0.25, 0.3) is 5.91 Å². The highest BCUT2D eigenvalue weighted by atomic mass is 16.5. The van der Waals surface area contributed by atoms with Gasteiger partial charge in [-0.15, -0.1) is 0 Å². The van der Waals surface area contributed by atoms with Gasteiger partial charge in [-0.2, -0.15) is 5.10 Å². The van der Waals surface area contributed by atoms with E-state index in [0.29, 0.717) is 0 Å². The summed E-state index contributed by atoms with van der Waals surface area (Å²) in [6, 6.07) is 9.74. The zero-order valence-electron chi connectivity index (χ0n) is 16.3. The van der Waals surface area contributed by atoms with Crippen LogP contribution in [0.5, 0.6) is 0 Å². The standard InChI is InChI=1S/C20H27N3O3/c1-13-17(14(2)23(22-13)16-10-8-7-9-11-16)12-18(24)26-15(3)19(25)21-20(4,5)6/h7-11,15H,12H2,1-6H3,(H,21,25)/t15-/m0/s1. The van der Waals surface area contributed by atoms with Crippen LogP contribution in [0.2, 0.25) is 0 Å². The molecule has 0 aliphatic carbocycles. The van der Waals surface area contributed by atoms with E-state index in [4.69, 9.17) is 4.74 Å². The van der Waals surface area contributed by atoms with E-state index >= 15 is 0 Å². The number of rotatable bonds is 5. The number of nitrogens with one attached hydrogen (secondary N) is 1. The Hall–Kier alpha value is -2.63. The number of hydrogen-bond acceptors (Lipinski definition) is 4. The van der Waals surface area contributed by atoms with Gasteiger partial charge in [-0.05, 0) is 53.7 Å². The van der Waals surface area contributed by atoms with Crippen molar-refractivity contribution in [3.05, 3.63) is 47.3 Å². The smallest absolute Gasteiger partial charge is 0.311 e. The third-order valence-electron chi connectivity index (χ3n) is 3.94. The SMILES string of the molecule is Cc1nn(-c2ccccc2)c(C)c1CC(=O)O[C@@H](C)C(=O)NC(C)(C)C. The number of amides is 1. The predicted octanol–water partition coefficient (Wildman–Crippen LogP) is 2.88. The Kier molecular flexibility index (Phi) is 5.85. The third-order valence-corrected chi connectivity index (χ3v) is 3.94. The van der Waals surface area contributed by atoms with Gasteiger partial charge in [0, 0.05) is 16.8 Å². The summed E-state index contributed by atoms with van der Waals surface area (Å²) in [5.74, 6) is -0.750. The van der Waals surface area contributed by atoms with Crippen molar-refractivity contribution >= 4 is 11.9 Å². The second kappa shape index (κ2) is 7.72. The highest BCUT2D eigenvalue weighted by Gasteiger charge is 2.24. The molecule has 0 saturated carbocycles. The Labute approximate surface area is 154 Å². The van der Waals surface area contributed by atoms with Gasteiger partial charge in [-0.1, -0.05) is 18.2 Å². The second-order valence-corrected chi connectivity index (χ2v) is 7.44. The topological polar surface area (TPSA) is 73.2 Å². The largest absolute Gasteiger partial charge is 0.452 e. The maximum atomic E-state index is 12.3. The molecule has 1 N–H and O–H groups in total. The van der Waals surface area contributed by atoms with Crippen LogP contribution in [0.1, 0.15) is 44.6 Å². The van der Waals surface area contributed by atoms with Crippen molar-refractivity contribution < 1.29 is 14.3 Å². The molecule has 2 aromatic rings. The Morgan fingerprint density at radius 2 is 1.81 bits per heavy atom. The van der Waals surface area contributed by atoms with Crippen LogP contribution in [0.4, 0.5) is 0 Å². The maximum absolute atomic E-state index is 12.3. The van der Waals surface area contributed by atoms with E-state index in [0.717, 1.165) is 22.6 Å². The summed E-state index contributed by atoms with van der Waals surface area (Å²) < 4.78 is 7.11. The Morgan fingerprint density at radius 1 is 1.19 bits per heavy atom. The molecular formula is C20H27N3O3. The number of benzene rings is 1. The summed E-state index contributed by atoms with van der Waals surface area (Å²) >= 11 is 0. The zero-order valence-corrected chi connectivity index (χ0v) is 16.3. The molecule has 140 valence electrons. The molecule has 0 saturated heterocycles. The van der Waals surface area contributed by atoms with Gasteiger partial charge in [-0.25, -0.2) is 4.68 Å². The average molecular weight is 357 g/mol. The first kappa shape index (κ1) is 19.7. The van der Waals surface area contributed by atoms with Gasteiger partial charge >= 0.3 is 5.97 Å². The number of carbonyl (C=O) groups excluding carboxylic acids is 2. The molecule has 1 heterocycles. The fourth-order valence-corrected chi connectivity index (χ4v) is 2.66. The number of nitrogens with zero attached hydrogens (tertiary/aromatic N) is 2. The van der Waals surface area contributed by atoms with Gasteiger partial charge in [0.1, 0.15) is 0 Å². The molecule has 0 aliphatic heterocycles. The number of ether oxygens (including phenoxy) is 1. The molecule has 0 unspecified atom stereocenters. The lowest BCUT2D eigenvalue weighted by Gasteiger charge is -2.23. The van der Waals surface area contributed by atoms with Gasteiger partial charge in [0.2, 0.25) is 0 Å². The van der Waals surface area contributed by atoms with Crippen LogP contribution in [0.15, 0.2) is 30.3 Å². The number of aromatic nitrogens is 2. The molecular weight excluding hydrogens is 330 g/mol. The molecule has 6 nitrogen and oxygen atoms in total. The van der Waals surface area contributed by atoms with E-state index in [1.165, 1.54) is 0 Å². The van der Waals surface area contributed by atoms with Gasteiger partial charge in [0.05, 0.1) is 17.8 Å². The normalized spacial score (nSPS) is 12.5. The first-order valence-corrected chi connectivity index (χ1v) is 8.70.